The van der Waals surface area contributed by atoms with Crippen LogP contribution in [0.5, 0.6) is 0 Å². The normalized spacial score (nSPS) is 31.8. The SMILES string of the molecule is CCn1c(CNC(=O)[C@@H]2[C@H]3C(=O)N(C4CCCC4)C[C@@]34C=C[C@H]2O4)nc2ccccc21. The molecule has 1 spiro atoms. The molecule has 7 nitrogen and oxygen atoms in total. The molecule has 1 aliphatic carbocycles. The highest BCUT2D eigenvalue weighted by molar-refractivity contribution is 5.93. The van der Waals surface area contributed by atoms with E-state index >= 15 is 0 Å². The number of rotatable bonds is 5. The Hall–Kier alpha value is -2.67. The average Bonchev–Trinajstić information content (AvgIpc) is 3.57. The molecule has 1 aromatic carbocycles. The zero-order valence-electron chi connectivity index (χ0n) is 17.8. The Balaban J connectivity index is 1.22. The molecule has 1 aromatic heterocycles. The van der Waals surface area contributed by atoms with Crippen LogP contribution in [0.2, 0.25) is 0 Å². The summed E-state index contributed by atoms with van der Waals surface area (Å²) >= 11 is 0. The molecule has 4 atom stereocenters. The Bertz CT molecular complexity index is 1090. The standard InChI is InChI=1S/C24H28N4O3/c1-2-27-17-10-6-5-9-16(17)26-19(27)13-25-22(29)20-18-11-12-24(31-18)14-28(23(30)21(20)24)15-7-3-4-8-15/h5-6,9-12,15,18,20-21H,2-4,7-8,13-14H2,1H3,(H,25,29)/t18-,20+,21+,24+/m1/s1. The number of amides is 2. The van der Waals surface area contributed by atoms with Crippen LogP contribution in [0.25, 0.3) is 11.0 Å². The number of carbonyl (C=O) groups excluding carboxylic acids is 2. The molecule has 6 rings (SSSR count). The molecule has 7 heteroatoms. The van der Waals surface area contributed by atoms with E-state index in [4.69, 9.17) is 9.72 Å². The predicted molar refractivity (Wildman–Crippen MR) is 115 cm³/mol. The van der Waals surface area contributed by atoms with Crippen LogP contribution in [0.1, 0.15) is 38.4 Å². The van der Waals surface area contributed by atoms with Crippen LogP contribution in [0.3, 0.4) is 0 Å². The number of aromatic nitrogens is 2. The van der Waals surface area contributed by atoms with Crippen LogP contribution in [-0.4, -0.2) is 50.6 Å². The minimum Gasteiger partial charge on any atom is -0.360 e. The molecule has 3 fully saturated rings. The molecule has 1 N–H and O–H groups in total. The zero-order chi connectivity index (χ0) is 21.2. The lowest BCUT2D eigenvalue weighted by atomic mass is 9.77. The highest BCUT2D eigenvalue weighted by Gasteiger charge is 2.67. The largest absolute Gasteiger partial charge is 0.360 e. The van der Waals surface area contributed by atoms with Gasteiger partial charge in [0.2, 0.25) is 11.8 Å². The number of hydrogen-bond acceptors (Lipinski definition) is 4. The van der Waals surface area contributed by atoms with Crippen LogP contribution >= 0.6 is 0 Å². The second kappa shape index (κ2) is 6.92. The number of nitrogens with zero attached hydrogens (tertiary/aromatic N) is 3. The maximum Gasteiger partial charge on any atom is 0.230 e. The highest BCUT2D eigenvalue weighted by atomic mass is 16.5. The molecule has 4 aliphatic rings. The molecule has 2 bridgehead atoms. The van der Waals surface area contributed by atoms with E-state index in [1.807, 2.05) is 41.3 Å². The number of carbonyl (C=O) groups is 2. The van der Waals surface area contributed by atoms with Crippen LogP contribution in [0.4, 0.5) is 0 Å². The second-order valence-electron chi connectivity index (χ2n) is 9.28. The number of hydrogen-bond donors (Lipinski definition) is 1. The van der Waals surface area contributed by atoms with Crippen molar-refractivity contribution in [3.8, 4) is 0 Å². The maximum atomic E-state index is 13.4. The van der Waals surface area contributed by atoms with Crippen molar-refractivity contribution in [1.29, 1.82) is 0 Å². The van der Waals surface area contributed by atoms with E-state index in [9.17, 15) is 9.59 Å². The molecule has 31 heavy (non-hydrogen) atoms. The van der Waals surface area contributed by atoms with Crippen molar-refractivity contribution in [2.45, 2.75) is 63.4 Å². The van der Waals surface area contributed by atoms with Crippen LogP contribution < -0.4 is 5.32 Å². The van der Waals surface area contributed by atoms with Gasteiger partial charge in [0.05, 0.1) is 42.1 Å². The van der Waals surface area contributed by atoms with E-state index in [0.717, 1.165) is 36.2 Å². The van der Waals surface area contributed by atoms with Crippen molar-refractivity contribution in [2.24, 2.45) is 11.8 Å². The molecular formula is C24H28N4O3. The fraction of sp³-hybridized carbons (Fsp3) is 0.542. The Kier molecular flexibility index (Phi) is 4.25. The number of aryl methyl sites for hydroxylation is 1. The summed E-state index contributed by atoms with van der Waals surface area (Å²) in [5, 5.41) is 3.07. The minimum absolute atomic E-state index is 0.0969. The Morgan fingerprint density at radius 1 is 1.29 bits per heavy atom. The van der Waals surface area contributed by atoms with E-state index in [1.165, 1.54) is 12.8 Å². The second-order valence-corrected chi connectivity index (χ2v) is 9.28. The molecule has 4 heterocycles. The Labute approximate surface area is 181 Å². The highest BCUT2D eigenvalue weighted by Crippen LogP contribution is 2.53. The monoisotopic (exact) mass is 420 g/mol. The summed E-state index contributed by atoms with van der Waals surface area (Å²) in [6.07, 6.45) is 8.17. The van der Waals surface area contributed by atoms with Gasteiger partial charge in [-0.25, -0.2) is 4.98 Å². The lowest BCUT2D eigenvalue weighted by Gasteiger charge is -2.27. The summed E-state index contributed by atoms with van der Waals surface area (Å²) in [6.45, 7) is 3.79. The van der Waals surface area contributed by atoms with Crippen molar-refractivity contribution in [3.63, 3.8) is 0 Å². The van der Waals surface area contributed by atoms with Gasteiger partial charge >= 0.3 is 0 Å². The number of benzene rings is 1. The van der Waals surface area contributed by atoms with Gasteiger partial charge in [-0.1, -0.05) is 37.1 Å². The summed E-state index contributed by atoms with van der Waals surface area (Å²) in [7, 11) is 0. The van der Waals surface area contributed by atoms with E-state index < -0.39 is 17.4 Å². The van der Waals surface area contributed by atoms with Gasteiger partial charge in [-0.3, -0.25) is 9.59 Å². The molecule has 162 valence electrons. The first-order valence-electron chi connectivity index (χ1n) is 11.5. The summed E-state index contributed by atoms with van der Waals surface area (Å²) in [4.78, 5) is 33.4. The molecule has 2 amide bonds. The van der Waals surface area contributed by atoms with Crippen molar-refractivity contribution < 1.29 is 14.3 Å². The van der Waals surface area contributed by atoms with Gasteiger partial charge in [0.1, 0.15) is 11.4 Å². The first kappa shape index (κ1) is 19.0. The number of para-hydroxylation sites is 2. The maximum absolute atomic E-state index is 13.4. The Morgan fingerprint density at radius 3 is 2.90 bits per heavy atom. The van der Waals surface area contributed by atoms with Gasteiger partial charge in [-0.15, -0.1) is 0 Å². The van der Waals surface area contributed by atoms with Crippen molar-refractivity contribution in [1.82, 2.24) is 19.8 Å². The fourth-order valence-electron chi connectivity index (χ4n) is 6.25. The molecular weight excluding hydrogens is 392 g/mol. The zero-order valence-corrected chi connectivity index (χ0v) is 17.8. The van der Waals surface area contributed by atoms with E-state index in [1.54, 1.807) is 0 Å². The van der Waals surface area contributed by atoms with E-state index in [-0.39, 0.29) is 17.9 Å². The summed E-state index contributed by atoms with van der Waals surface area (Å²) in [5.74, 6) is -0.0644. The van der Waals surface area contributed by atoms with E-state index in [0.29, 0.717) is 19.1 Å². The van der Waals surface area contributed by atoms with Crippen LogP contribution in [0.15, 0.2) is 36.4 Å². The lowest BCUT2D eigenvalue weighted by Crippen LogP contribution is -2.44. The summed E-state index contributed by atoms with van der Waals surface area (Å²) in [5.41, 5.74) is 1.37. The number of nitrogens with one attached hydrogen (secondary N) is 1. The third-order valence-electron chi connectivity index (χ3n) is 7.67. The first-order valence-corrected chi connectivity index (χ1v) is 11.5. The summed E-state index contributed by atoms with van der Waals surface area (Å²) < 4.78 is 8.39. The van der Waals surface area contributed by atoms with Gasteiger partial charge in [0.25, 0.3) is 0 Å². The third kappa shape index (κ3) is 2.72. The Morgan fingerprint density at radius 2 is 2.10 bits per heavy atom. The van der Waals surface area contributed by atoms with Crippen LogP contribution in [0, 0.1) is 11.8 Å². The smallest absolute Gasteiger partial charge is 0.230 e. The van der Waals surface area contributed by atoms with E-state index in [2.05, 4.69) is 16.8 Å². The first-order chi connectivity index (χ1) is 15.1. The average molecular weight is 421 g/mol. The third-order valence-corrected chi connectivity index (χ3v) is 7.67. The molecule has 0 unspecified atom stereocenters. The summed E-state index contributed by atoms with van der Waals surface area (Å²) in [6, 6.07) is 8.30. The molecule has 1 saturated carbocycles. The van der Waals surface area contributed by atoms with Gasteiger partial charge in [-0.2, -0.15) is 0 Å². The van der Waals surface area contributed by atoms with Gasteiger partial charge in [-0.05, 0) is 31.9 Å². The van der Waals surface area contributed by atoms with Gasteiger partial charge in [0.15, 0.2) is 0 Å². The fourth-order valence-corrected chi connectivity index (χ4v) is 6.25. The van der Waals surface area contributed by atoms with Gasteiger partial charge < -0.3 is 19.5 Å². The van der Waals surface area contributed by atoms with Crippen molar-refractivity contribution >= 4 is 22.8 Å². The molecule has 3 aliphatic heterocycles. The lowest BCUT2D eigenvalue weighted by molar-refractivity contribution is -0.138. The number of imidazole rings is 1. The quantitative estimate of drug-likeness (QED) is 0.754. The molecule has 2 saturated heterocycles. The molecule has 0 radical (unpaired) electrons. The van der Waals surface area contributed by atoms with Crippen molar-refractivity contribution in [3.05, 3.63) is 42.2 Å². The van der Waals surface area contributed by atoms with Crippen molar-refractivity contribution in [2.75, 3.05) is 6.54 Å². The van der Waals surface area contributed by atoms with Gasteiger partial charge in [0, 0.05) is 12.6 Å². The number of fused-ring (bicyclic) bond motifs is 2. The number of ether oxygens (including phenoxy) is 1. The minimum atomic E-state index is -0.622. The topological polar surface area (TPSA) is 76.5 Å². The molecule has 2 aromatic rings. The number of likely N-dealkylation sites (tertiary alicyclic amines) is 1. The predicted octanol–water partition coefficient (Wildman–Crippen LogP) is 2.40. The van der Waals surface area contributed by atoms with Crippen LogP contribution in [-0.2, 0) is 27.4 Å².